The Morgan fingerprint density at radius 1 is 1.10 bits per heavy atom. The molecular formula is C17H14N2O2. The van der Waals surface area contributed by atoms with Crippen LogP contribution in [0.25, 0.3) is 10.9 Å². The number of ketones is 1. The van der Waals surface area contributed by atoms with Crippen LogP contribution in [0.5, 0.6) is 11.5 Å². The molecule has 0 saturated carbocycles. The van der Waals surface area contributed by atoms with Gasteiger partial charge in [0.25, 0.3) is 0 Å². The molecule has 0 bridgehead atoms. The number of aromatic nitrogens is 1. The normalized spacial score (nSPS) is 10.5. The largest absolute Gasteiger partial charge is 0.456 e. The van der Waals surface area contributed by atoms with Gasteiger partial charge in [0.05, 0.1) is 11.1 Å². The fraction of sp³-hybridized carbons (Fsp3) is 0.0588. The predicted molar refractivity (Wildman–Crippen MR) is 82.7 cm³/mol. The average molecular weight is 278 g/mol. The molecule has 0 aliphatic heterocycles. The number of carbonyl (C=O) groups excluding carboxylic acids is 1. The number of Topliss-reactive ketones (excluding diaryl/α,β-unsaturated/α-hetero) is 1. The van der Waals surface area contributed by atoms with E-state index >= 15 is 0 Å². The minimum atomic E-state index is -0.0874. The molecule has 0 unspecified atom stereocenters. The third kappa shape index (κ3) is 2.56. The number of para-hydroxylation sites is 1. The maximum absolute atomic E-state index is 11.7. The summed E-state index contributed by atoms with van der Waals surface area (Å²) in [5.41, 5.74) is 7.58. The van der Waals surface area contributed by atoms with E-state index in [1.165, 1.54) is 6.92 Å². The Bertz CT molecular complexity index is 823. The van der Waals surface area contributed by atoms with Crippen molar-refractivity contribution in [3.8, 4) is 11.5 Å². The summed E-state index contributed by atoms with van der Waals surface area (Å²) >= 11 is 0. The number of nitrogen functional groups attached to an aromatic ring is 1. The minimum Gasteiger partial charge on any atom is -0.456 e. The monoisotopic (exact) mass is 278 g/mol. The summed E-state index contributed by atoms with van der Waals surface area (Å²) in [5, 5.41) is 0.895. The first-order valence-corrected chi connectivity index (χ1v) is 6.57. The van der Waals surface area contributed by atoms with Crippen molar-refractivity contribution >= 4 is 22.4 Å². The van der Waals surface area contributed by atoms with E-state index in [1.54, 1.807) is 30.5 Å². The van der Waals surface area contributed by atoms with E-state index in [0.717, 1.165) is 10.9 Å². The minimum absolute atomic E-state index is 0.0874. The maximum atomic E-state index is 11.7. The van der Waals surface area contributed by atoms with Gasteiger partial charge < -0.3 is 10.5 Å². The molecule has 0 atom stereocenters. The van der Waals surface area contributed by atoms with E-state index in [2.05, 4.69) is 4.98 Å². The van der Waals surface area contributed by atoms with E-state index < -0.39 is 0 Å². The number of anilines is 1. The van der Waals surface area contributed by atoms with Crippen molar-refractivity contribution in [1.82, 2.24) is 4.98 Å². The fourth-order valence-corrected chi connectivity index (χ4v) is 2.19. The third-order valence-electron chi connectivity index (χ3n) is 3.21. The molecule has 0 spiro atoms. The highest BCUT2D eigenvalue weighted by atomic mass is 16.5. The number of ether oxygens (including phenoxy) is 1. The van der Waals surface area contributed by atoms with Gasteiger partial charge in [-0.2, -0.15) is 0 Å². The first-order chi connectivity index (χ1) is 10.1. The number of benzene rings is 2. The summed E-state index contributed by atoms with van der Waals surface area (Å²) < 4.78 is 5.92. The molecule has 0 aliphatic rings. The third-order valence-corrected chi connectivity index (χ3v) is 3.21. The van der Waals surface area contributed by atoms with Crippen LogP contribution in [0.4, 0.5) is 5.69 Å². The van der Waals surface area contributed by atoms with Gasteiger partial charge in [0.1, 0.15) is 11.5 Å². The zero-order valence-electron chi connectivity index (χ0n) is 11.5. The van der Waals surface area contributed by atoms with Crippen molar-refractivity contribution in [3.05, 3.63) is 60.3 Å². The molecule has 0 saturated heterocycles. The van der Waals surface area contributed by atoms with Gasteiger partial charge in [-0.15, -0.1) is 0 Å². The zero-order valence-corrected chi connectivity index (χ0v) is 11.5. The highest BCUT2D eigenvalue weighted by Gasteiger charge is 2.11. The summed E-state index contributed by atoms with van der Waals surface area (Å²) in [5.74, 6) is 1.07. The summed E-state index contributed by atoms with van der Waals surface area (Å²) in [4.78, 5) is 16.0. The summed E-state index contributed by atoms with van der Waals surface area (Å²) in [6, 6.07) is 14.5. The summed E-state index contributed by atoms with van der Waals surface area (Å²) in [7, 11) is 0. The molecule has 2 aromatic carbocycles. The predicted octanol–water partition coefficient (Wildman–Crippen LogP) is 3.81. The van der Waals surface area contributed by atoms with Crippen molar-refractivity contribution in [1.29, 1.82) is 0 Å². The van der Waals surface area contributed by atoms with Gasteiger partial charge in [-0.05, 0) is 43.3 Å². The van der Waals surface area contributed by atoms with Crippen molar-refractivity contribution in [2.24, 2.45) is 0 Å². The number of nitrogens with zero attached hydrogens (tertiary/aromatic N) is 1. The molecule has 1 aromatic heterocycles. The number of rotatable bonds is 3. The van der Waals surface area contributed by atoms with Gasteiger partial charge in [-0.25, -0.2) is 0 Å². The molecular weight excluding hydrogens is 264 g/mol. The summed E-state index contributed by atoms with van der Waals surface area (Å²) in [6.07, 6.45) is 1.68. The molecule has 0 fully saturated rings. The molecule has 0 aliphatic carbocycles. The van der Waals surface area contributed by atoms with Crippen LogP contribution in [0.2, 0.25) is 0 Å². The second-order valence-electron chi connectivity index (χ2n) is 4.74. The lowest BCUT2D eigenvalue weighted by Gasteiger charge is -2.11. The number of hydrogen-bond acceptors (Lipinski definition) is 4. The van der Waals surface area contributed by atoms with E-state index in [1.807, 2.05) is 24.3 Å². The molecule has 104 valence electrons. The van der Waals surface area contributed by atoms with Crippen LogP contribution in [0.15, 0.2) is 54.7 Å². The molecule has 3 aromatic rings. The SMILES string of the molecule is CC(=O)c1cc(N)ccc1Oc1ccnc2ccccc12. The van der Waals surface area contributed by atoms with Crippen LogP contribution >= 0.6 is 0 Å². The van der Waals surface area contributed by atoms with Crippen LogP contribution in [0.3, 0.4) is 0 Å². The van der Waals surface area contributed by atoms with Gasteiger partial charge >= 0.3 is 0 Å². The molecule has 3 rings (SSSR count). The van der Waals surface area contributed by atoms with Crippen LogP contribution in [0.1, 0.15) is 17.3 Å². The second-order valence-corrected chi connectivity index (χ2v) is 4.74. The van der Waals surface area contributed by atoms with Crippen LogP contribution in [-0.2, 0) is 0 Å². The zero-order chi connectivity index (χ0) is 14.8. The Labute approximate surface area is 122 Å². The molecule has 0 radical (unpaired) electrons. The number of pyridine rings is 1. The van der Waals surface area contributed by atoms with E-state index in [0.29, 0.717) is 22.7 Å². The Hall–Kier alpha value is -2.88. The molecule has 4 nitrogen and oxygen atoms in total. The van der Waals surface area contributed by atoms with E-state index in [4.69, 9.17) is 10.5 Å². The quantitative estimate of drug-likeness (QED) is 0.584. The standard InChI is InChI=1S/C17H14N2O2/c1-11(20)14-10-12(18)6-7-16(14)21-17-8-9-19-15-5-3-2-4-13(15)17/h2-10H,18H2,1H3. The Balaban J connectivity index is 2.09. The Morgan fingerprint density at radius 3 is 2.71 bits per heavy atom. The van der Waals surface area contributed by atoms with Gasteiger partial charge in [0.2, 0.25) is 0 Å². The average Bonchev–Trinajstić information content (AvgIpc) is 2.49. The van der Waals surface area contributed by atoms with Crippen molar-refractivity contribution < 1.29 is 9.53 Å². The molecule has 0 amide bonds. The smallest absolute Gasteiger partial charge is 0.163 e. The number of nitrogens with two attached hydrogens (primary N) is 1. The highest BCUT2D eigenvalue weighted by molar-refractivity contribution is 5.98. The van der Waals surface area contributed by atoms with Crippen molar-refractivity contribution in [3.63, 3.8) is 0 Å². The van der Waals surface area contributed by atoms with Crippen LogP contribution in [0, 0.1) is 0 Å². The van der Waals surface area contributed by atoms with Gasteiger partial charge in [-0.1, -0.05) is 12.1 Å². The van der Waals surface area contributed by atoms with Gasteiger partial charge in [0, 0.05) is 17.3 Å². The lowest BCUT2D eigenvalue weighted by molar-refractivity contribution is 0.101. The van der Waals surface area contributed by atoms with E-state index in [9.17, 15) is 4.79 Å². The van der Waals surface area contributed by atoms with Gasteiger partial charge in [-0.3, -0.25) is 9.78 Å². The second kappa shape index (κ2) is 5.25. The summed E-state index contributed by atoms with van der Waals surface area (Å²) in [6.45, 7) is 1.49. The van der Waals surface area contributed by atoms with Crippen LogP contribution in [-0.4, -0.2) is 10.8 Å². The first kappa shape index (κ1) is 13.1. The van der Waals surface area contributed by atoms with Crippen molar-refractivity contribution in [2.75, 3.05) is 5.73 Å². The number of fused-ring (bicyclic) bond motifs is 1. The first-order valence-electron chi connectivity index (χ1n) is 6.57. The maximum Gasteiger partial charge on any atom is 0.163 e. The number of hydrogen-bond donors (Lipinski definition) is 1. The highest BCUT2D eigenvalue weighted by Crippen LogP contribution is 2.31. The van der Waals surface area contributed by atoms with E-state index in [-0.39, 0.29) is 5.78 Å². The molecule has 21 heavy (non-hydrogen) atoms. The fourth-order valence-electron chi connectivity index (χ4n) is 2.19. The molecule has 2 N–H and O–H groups in total. The van der Waals surface area contributed by atoms with Crippen molar-refractivity contribution in [2.45, 2.75) is 6.92 Å². The molecule has 1 heterocycles. The topological polar surface area (TPSA) is 65.2 Å². The lowest BCUT2D eigenvalue weighted by atomic mass is 10.1. The van der Waals surface area contributed by atoms with Gasteiger partial charge in [0.15, 0.2) is 5.78 Å². The Morgan fingerprint density at radius 2 is 1.90 bits per heavy atom. The molecule has 4 heteroatoms. The number of carbonyl (C=O) groups is 1. The van der Waals surface area contributed by atoms with Crippen LogP contribution < -0.4 is 10.5 Å². The lowest BCUT2D eigenvalue weighted by Crippen LogP contribution is -1.99. The Kier molecular flexibility index (Phi) is 3.28.